The number of carbonyl (C=O) groups is 1. The minimum atomic E-state index is -0.130. The van der Waals surface area contributed by atoms with E-state index in [4.69, 9.17) is 11.6 Å². The minimum absolute atomic E-state index is 0.130. The van der Waals surface area contributed by atoms with Gasteiger partial charge in [-0.1, -0.05) is 24.9 Å². The second-order valence-corrected chi connectivity index (χ2v) is 5.11. The fraction of sp³-hybridized carbons (Fsp3) is 0.333. The summed E-state index contributed by atoms with van der Waals surface area (Å²) in [4.78, 5) is 12.0. The van der Waals surface area contributed by atoms with Crippen LogP contribution in [-0.4, -0.2) is 22.2 Å². The van der Waals surface area contributed by atoms with Crippen LogP contribution < -0.4 is 5.32 Å². The lowest BCUT2D eigenvalue weighted by Gasteiger charge is -2.04. The third-order valence-electron chi connectivity index (χ3n) is 3.01. The van der Waals surface area contributed by atoms with E-state index >= 15 is 0 Å². The first-order valence-corrected chi connectivity index (χ1v) is 7.10. The maximum absolute atomic E-state index is 12.0. The number of nitrogens with zero attached hydrogens (tertiary/aromatic N) is 2. The minimum Gasteiger partial charge on any atom is -0.351 e. The van der Waals surface area contributed by atoms with Crippen LogP contribution in [0.25, 0.3) is 5.69 Å². The monoisotopic (exact) mass is 291 g/mol. The Hall–Kier alpha value is -1.81. The molecular weight excluding hydrogens is 274 g/mol. The van der Waals surface area contributed by atoms with Gasteiger partial charge in [0.15, 0.2) is 5.69 Å². The molecule has 4 nitrogen and oxygen atoms in total. The van der Waals surface area contributed by atoms with Crippen LogP contribution in [0.15, 0.2) is 30.3 Å². The summed E-state index contributed by atoms with van der Waals surface area (Å²) in [5, 5.41) is 7.89. The van der Waals surface area contributed by atoms with Crippen LogP contribution in [0.3, 0.4) is 0 Å². The normalized spacial score (nSPS) is 10.6. The van der Waals surface area contributed by atoms with Gasteiger partial charge in [0, 0.05) is 17.3 Å². The Kier molecular flexibility index (Phi) is 4.79. The summed E-state index contributed by atoms with van der Waals surface area (Å²) in [7, 11) is 0. The van der Waals surface area contributed by atoms with Gasteiger partial charge in [-0.2, -0.15) is 5.10 Å². The van der Waals surface area contributed by atoms with Gasteiger partial charge in [-0.05, 0) is 43.7 Å². The van der Waals surface area contributed by atoms with Gasteiger partial charge >= 0.3 is 0 Å². The van der Waals surface area contributed by atoms with E-state index < -0.39 is 0 Å². The van der Waals surface area contributed by atoms with Crippen molar-refractivity contribution in [3.8, 4) is 5.69 Å². The molecule has 0 aliphatic rings. The molecule has 1 amide bonds. The van der Waals surface area contributed by atoms with E-state index in [9.17, 15) is 4.79 Å². The number of hydrogen-bond donors (Lipinski definition) is 1. The Labute approximate surface area is 123 Å². The highest BCUT2D eigenvalue weighted by molar-refractivity contribution is 6.30. The van der Waals surface area contributed by atoms with Crippen LogP contribution in [0.2, 0.25) is 5.02 Å². The van der Waals surface area contributed by atoms with Gasteiger partial charge in [0.25, 0.3) is 5.91 Å². The van der Waals surface area contributed by atoms with E-state index in [1.807, 2.05) is 19.1 Å². The van der Waals surface area contributed by atoms with Gasteiger partial charge in [-0.25, -0.2) is 4.68 Å². The first-order valence-electron chi connectivity index (χ1n) is 6.72. The van der Waals surface area contributed by atoms with Crippen LogP contribution in [0, 0.1) is 6.92 Å². The predicted octanol–water partition coefficient (Wildman–Crippen LogP) is 3.36. The Bertz CT molecular complexity index is 590. The molecule has 0 aliphatic heterocycles. The summed E-state index contributed by atoms with van der Waals surface area (Å²) in [5.74, 6) is -0.130. The Morgan fingerprint density at radius 3 is 2.70 bits per heavy atom. The van der Waals surface area contributed by atoms with Crippen molar-refractivity contribution in [2.45, 2.75) is 26.7 Å². The van der Waals surface area contributed by atoms with Crippen molar-refractivity contribution in [2.24, 2.45) is 0 Å². The van der Waals surface area contributed by atoms with Crippen LogP contribution >= 0.6 is 11.6 Å². The van der Waals surface area contributed by atoms with Gasteiger partial charge in [0.2, 0.25) is 0 Å². The molecular formula is C15H18ClN3O. The first kappa shape index (κ1) is 14.6. The molecule has 0 aliphatic carbocycles. The molecule has 2 rings (SSSR count). The average Bonchev–Trinajstić information content (AvgIpc) is 2.82. The zero-order valence-corrected chi connectivity index (χ0v) is 12.4. The van der Waals surface area contributed by atoms with E-state index in [0.29, 0.717) is 17.3 Å². The first-order chi connectivity index (χ1) is 9.61. The van der Waals surface area contributed by atoms with Crippen molar-refractivity contribution in [1.82, 2.24) is 15.1 Å². The van der Waals surface area contributed by atoms with Crippen molar-refractivity contribution in [3.05, 3.63) is 46.7 Å². The highest BCUT2D eigenvalue weighted by Gasteiger charge is 2.12. The zero-order chi connectivity index (χ0) is 14.5. The number of hydrogen-bond acceptors (Lipinski definition) is 2. The number of benzene rings is 1. The van der Waals surface area contributed by atoms with Gasteiger partial charge in [0.05, 0.1) is 5.69 Å². The Morgan fingerprint density at radius 2 is 2.05 bits per heavy atom. The maximum atomic E-state index is 12.0. The van der Waals surface area contributed by atoms with Gasteiger partial charge < -0.3 is 5.32 Å². The third-order valence-corrected chi connectivity index (χ3v) is 3.26. The number of unbranched alkanes of at least 4 members (excludes halogenated alkanes) is 1. The molecule has 20 heavy (non-hydrogen) atoms. The number of carbonyl (C=O) groups excluding carboxylic acids is 1. The van der Waals surface area contributed by atoms with E-state index in [1.54, 1.807) is 22.9 Å². The highest BCUT2D eigenvalue weighted by Crippen LogP contribution is 2.15. The molecule has 106 valence electrons. The largest absolute Gasteiger partial charge is 0.351 e. The predicted molar refractivity (Wildman–Crippen MR) is 80.6 cm³/mol. The topological polar surface area (TPSA) is 46.9 Å². The fourth-order valence-corrected chi connectivity index (χ4v) is 2.02. The summed E-state index contributed by atoms with van der Waals surface area (Å²) in [6.07, 6.45) is 2.03. The Morgan fingerprint density at radius 1 is 1.35 bits per heavy atom. The van der Waals surface area contributed by atoms with Crippen molar-refractivity contribution in [2.75, 3.05) is 6.54 Å². The molecule has 0 bridgehead atoms. The molecule has 1 aromatic carbocycles. The molecule has 1 N–H and O–H groups in total. The average molecular weight is 292 g/mol. The summed E-state index contributed by atoms with van der Waals surface area (Å²) < 4.78 is 1.74. The fourth-order valence-electron chi connectivity index (χ4n) is 1.90. The van der Waals surface area contributed by atoms with Crippen LogP contribution in [0.5, 0.6) is 0 Å². The van der Waals surface area contributed by atoms with Crippen LogP contribution in [0.1, 0.15) is 35.9 Å². The lowest BCUT2D eigenvalue weighted by atomic mass is 10.3. The smallest absolute Gasteiger partial charge is 0.271 e. The Balaban J connectivity index is 2.17. The molecule has 5 heteroatoms. The van der Waals surface area contributed by atoms with E-state index in [2.05, 4.69) is 17.3 Å². The molecule has 0 radical (unpaired) electrons. The highest BCUT2D eigenvalue weighted by atomic mass is 35.5. The lowest BCUT2D eigenvalue weighted by molar-refractivity contribution is 0.0948. The molecule has 1 aromatic heterocycles. The summed E-state index contributed by atoms with van der Waals surface area (Å²) in [6.45, 7) is 4.69. The number of nitrogens with one attached hydrogen (secondary N) is 1. The lowest BCUT2D eigenvalue weighted by Crippen LogP contribution is -2.24. The van der Waals surface area contributed by atoms with E-state index in [1.165, 1.54) is 0 Å². The van der Waals surface area contributed by atoms with Crippen molar-refractivity contribution < 1.29 is 4.79 Å². The zero-order valence-electron chi connectivity index (χ0n) is 11.7. The molecule has 0 saturated carbocycles. The number of amides is 1. The number of rotatable bonds is 5. The van der Waals surface area contributed by atoms with Gasteiger partial charge in [-0.3, -0.25) is 4.79 Å². The molecule has 0 unspecified atom stereocenters. The van der Waals surface area contributed by atoms with Crippen LogP contribution in [0.4, 0.5) is 0 Å². The molecule has 2 aromatic rings. The van der Waals surface area contributed by atoms with Crippen molar-refractivity contribution in [3.63, 3.8) is 0 Å². The molecule has 0 fully saturated rings. The number of aryl methyl sites for hydroxylation is 1. The second-order valence-electron chi connectivity index (χ2n) is 4.67. The summed E-state index contributed by atoms with van der Waals surface area (Å²) in [6, 6.07) is 9.15. The quantitative estimate of drug-likeness (QED) is 0.859. The SMILES string of the molecule is CCCCNC(=O)c1cc(C)n(-c2ccc(Cl)cc2)n1. The number of aromatic nitrogens is 2. The summed E-state index contributed by atoms with van der Waals surface area (Å²) >= 11 is 5.87. The standard InChI is InChI=1S/C15H18ClN3O/c1-3-4-9-17-15(20)14-10-11(2)19(18-14)13-7-5-12(16)6-8-13/h5-8,10H,3-4,9H2,1-2H3,(H,17,20). The molecule has 0 spiro atoms. The second kappa shape index (κ2) is 6.57. The van der Waals surface area contributed by atoms with Gasteiger partial charge in [-0.15, -0.1) is 0 Å². The van der Waals surface area contributed by atoms with Crippen molar-refractivity contribution >= 4 is 17.5 Å². The van der Waals surface area contributed by atoms with E-state index in [-0.39, 0.29) is 5.91 Å². The van der Waals surface area contributed by atoms with Crippen LogP contribution in [-0.2, 0) is 0 Å². The summed E-state index contributed by atoms with van der Waals surface area (Å²) in [5.41, 5.74) is 2.24. The maximum Gasteiger partial charge on any atom is 0.271 e. The third kappa shape index (κ3) is 3.39. The molecule has 1 heterocycles. The van der Waals surface area contributed by atoms with Crippen molar-refractivity contribution in [1.29, 1.82) is 0 Å². The van der Waals surface area contributed by atoms with E-state index in [0.717, 1.165) is 24.2 Å². The number of halogens is 1. The molecule has 0 atom stereocenters. The van der Waals surface area contributed by atoms with Gasteiger partial charge in [0.1, 0.15) is 0 Å². The molecule has 0 saturated heterocycles.